The predicted molar refractivity (Wildman–Crippen MR) is 50.9 cm³/mol. The summed E-state index contributed by atoms with van der Waals surface area (Å²) in [5.41, 5.74) is 3.14. The Labute approximate surface area is 79.5 Å². The van der Waals surface area contributed by atoms with Crippen LogP contribution in [0.25, 0.3) is 0 Å². The third kappa shape index (κ3) is 2.21. The topological polar surface area (TPSA) is 32.3 Å². The van der Waals surface area contributed by atoms with Gasteiger partial charge in [-0.15, -0.1) is 0 Å². The Bertz CT molecular complexity index is 187. The first-order valence-corrected chi connectivity index (χ1v) is 5.40. The Balaban J connectivity index is 1.79. The minimum absolute atomic E-state index is 0.283. The van der Waals surface area contributed by atoms with Crippen molar-refractivity contribution in [3.63, 3.8) is 0 Å². The number of rotatable bonds is 2. The van der Waals surface area contributed by atoms with Gasteiger partial charge in [0, 0.05) is 19.5 Å². The van der Waals surface area contributed by atoms with Gasteiger partial charge in [-0.2, -0.15) is 0 Å². The molecule has 1 N–H and O–H groups in total. The summed E-state index contributed by atoms with van der Waals surface area (Å²) in [7, 11) is 0. The molecule has 0 unspecified atom stereocenters. The number of carbonyl (C=O) groups excluding carboxylic acids is 1. The lowest BCUT2D eigenvalue weighted by Gasteiger charge is -2.26. The molecule has 1 aliphatic heterocycles. The Morgan fingerprint density at radius 1 is 1.31 bits per heavy atom. The highest BCUT2D eigenvalue weighted by Crippen LogP contribution is 2.24. The number of hydrogen-bond acceptors (Lipinski definition) is 2. The number of nitrogens with one attached hydrogen (secondary N) is 1. The summed E-state index contributed by atoms with van der Waals surface area (Å²) in [6.07, 6.45) is 7.40. The van der Waals surface area contributed by atoms with Crippen molar-refractivity contribution in [3.8, 4) is 0 Å². The minimum Gasteiger partial charge on any atom is -0.278 e. The van der Waals surface area contributed by atoms with E-state index >= 15 is 0 Å². The number of carbonyl (C=O) groups is 1. The van der Waals surface area contributed by atoms with E-state index in [-0.39, 0.29) is 5.91 Å². The van der Waals surface area contributed by atoms with Gasteiger partial charge in [0.1, 0.15) is 0 Å². The van der Waals surface area contributed by atoms with Gasteiger partial charge in [0.05, 0.1) is 0 Å². The van der Waals surface area contributed by atoms with Crippen molar-refractivity contribution in [2.24, 2.45) is 5.92 Å². The summed E-state index contributed by atoms with van der Waals surface area (Å²) in [4.78, 5) is 11.3. The molecule has 2 aliphatic rings. The molecule has 0 aromatic rings. The van der Waals surface area contributed by atoms with Crippen molar-refractivity contribution in [3.05, 3.63) is 0 Å². The summed E-state index contributed by atoms with van der Waals surface area (Å²) >= 11 is 0. The first-order valence-electron chi connectivity index (χ1n) is 5.40. The van der Waals surface area contributed by atoms with Crippen molar-refractivity contribution in [2.45, 2.75) is 38.5 Å². The van der Waals surface area contributed by atoms with Gasteiger partial charge in [0.2, 0.25) is 5.91 Å². The van der Waals surface area contributed by atoms with Gasteiger partial charge in [-0.1, -0.05) is 19.3 Å². The monoisotopic (exact) mass is 182 g/mol. The number of hydrogen-bond donors (Lipinski definition) is 1. The third-order valence-electron chi connectivity index (χ3n) is 3.11. The van der Waals surface area contributed by atoms with E-state index in [1.807, 2.05) is 5.01 Å². The van der Waals surface area contributed by atoms with Crippen molar-refractivity contribution in [2.75, 3.05) is 13.1 Å². The lowest BCUT2D eigenvalue weighted by molar-refractivity contribution is -0.130. The van der Waals surface area contributed by atoms with Gasteiger partial charge >= 0.3 is 0 Å². The molecule has 0 spiro atoms. The first-order chi connectivity index (χ1) is 6.36. The SMILES string of the molecule is O=C1CCNN1CC1CCCCC1. The van der Waals surface area contributed by atoms with Crippen molar-refractivity contribution in [1.29, 1.82) is 0 Å². The van der Waals surface area contributed by atoms with E-state index in [1.165, 1.54) is 32.1 Å². The second-order valence-electron chi connectivity index (χ2n) is 4.17. The Morgan fingerprint density at radius 3 is 2.69 bits per heavy atom. The minimum atomic E-state index is 0.283. The molecule has 1 saturated heterocycles. The van der Waals surface area contributed by atoms with Gasteiger partial charge in [0.25, 0.3) is 0 Å². The van der Waals surface area contributed by atoms with Crippen LogP contribution in [0.4, 0.5) is 0 Å². The van der Waals surface area contributed by atoms with E-state index in [0.29, 0.717) is 6.42 Å². The summed E-state index contributed by atoms with van der Waals surface area (Å²) in [6.45, 7) is 1.78. The van der Waals surface area contributed by atoms with Crippen LogP contribution in [-0.4, -0.2) is 24.0 Å². The third-order valence-corrected chi connectivity index (χ3v) is 3.11. The molecule has 0 aromatic heterocycles. The molecule has 1 saturated carbocycles. The molecule has 3 heteroatoms. The van der Waals surface area contributed by atoms with Crippen LogP contribution >= 0.6 is 0 Å². The van der Waals surface area contributed by atoms with Crippen LogP contribution in [0.2, 0.25) is 0 Å². The lowest BCUT2D eigenvalue weighted by atomic mass is 9.89. The van der Waals surface area contributed by atoms with Gasteiger partial charge in [0.15, 0.2) is 0 Å². The summed E-state index contributed by atoms with van der Waals surface area (Å²) < 4.78 is 0. The fraction of sp³-hybridized carbons (Fsp3) is 0.900. The van der Waals surface area contributed by atoms with E-state index in [4.69, 9.17) is 0 Å². The molecule has 0 aromatic carbocycles. The van der Waals surface area contributed by atoms with Gasteiger partial charge < -0.3 is 0 Å². The van der Waals surface area contributed by atoms with Gasteiger partial charge in [-0.05, 0) is 18.8 Å². The largest absolute Gasteiger partial charge is 0.278 e. The zero-order valence-electron chi connectivity index (χ0n) is 8.09. The molecule has 3 nitrogen and oxygen atoms in total. The molecular formula is C10H18N2O. The fourth-order valence-electron chi connectivity index (χ4n) is 2.32. The maximum Gasteiger partial charge on any atom is 0.238 e. The molecule has 0 bridgehead atoms. The Hall–Kier alpha value is -0.570. The summed E-state index contributed by atoms with van der Waals surface area (Å²) in [6, 6.07) is 0. The highest BCUT2D eigenvalue weighted by atomic mass is 16.2. The van der Waals surface area contributed by atoms with Crippen molar-refractivity contribution >= 4 is 5.91 Å². The fourth-order valence-corrected chi connectivity index (χ4v) is 2.32. The molecule has 0 atom stereocenters. The molecule has 0 radical (unpaired) electrons. The van der Waals surface area contributed by atoms with Crippen molar-refractivity contribution < 1.29 is 4.79 Å². The van der Waals surface area contributed by atoms with Crippen LogP contribution in [0, 0.1) is 5.92 Å². The van der Waals surface area contributed by atoms with Gasteiger partial charge in [-0.3, -0.25) is 9.80 Å². The van der Waals surface area contributed by atoms with Crippen molar-refractivity contribution in [1.82, 2.24) is 10.4 Å². The molecule has 1 aliphatic carbocycles. The predicted octanol–water partition coefficient (Wildman–Crippen LogP) is 1.30. The van der Waals surface area contributed by atoms with E-state index < -0.39 is 0 Å². The Morgan fingerprint density at radius 2 is 2.08 bits per heavy atom. The van der Waals surface area contributed by atoms with E-state index in [2.05, 4.69) is 5.43 Å². The highest BCUT2D eigenvalue weighted by molar-refractivity contribution is 5.77. The maximum absolute atomic E-state index is 11.3. The van der Waals surface area contributed by atoms with Crippen LogP contribution in [-0.2, 0) is 4.79 Å². The highest BCUT2D eigenvalue weighted by Gasteiger charge is 2.23. The van der Waals surface area contributed by atoms with Crippen LogP contribution in [0.3, 0.4) is 0 Å². The van der Waals surface area contributed by atoms with Crippen LogP contribution < -0.4 is 5.43 Å². The second-order valence-corrected chi connectivity index (χ2v) is 4.17. The second kappa shape index (κ2) is 4.09. The summed E-state index contributed by atoms with van der Waals surface area (Å²) in [5.74, 6) is 1.04. The summed E-state index contributed by atoms with van der Waals surface area (Å²) in [5, 5.41) is 1.83. The number of amides is 1. The molecule has 1 heterocycles. The zero-order valence-corrected chi connectivity index (χ0v) is 8.09. The number of hydrazine groups is 1. The number of nitrogens with zero attached hydrogens (tertiary/aromatic N) is 1. The van der Waals surface area contributed by atoms with Crippen LogP contribution in [0.15, 0.2) is 0 Å². The standard InChI is InChI=1S/C10H18N2O/c13-10-6-7-11-12(10)8-9-4-2-1-3-5-9/h9,11H,1-8H2. The first kappa shape index (κ1) is 9.00. The zero-order chi connectivity index (χ0) is 9.10. The van der Waals surface area contributed by atoms with Crippen LogP contribution in [0.5, 0.6) is 0 Å². The molecule has 2 fully saturated rings. The average Bonchev–Trinajstić information content (AvgIpc) is 2.54. The molecular weight excluding hydrogens is 164 g/mol. The molecule has 1 amide bonds. The van der Waals surface area contributed by atoms with E-state index in [9.17, 15) is 4.79 Å². The Kier molecular flexibility index (Phi) is 2.83. The molecule has 74 valence electrons. The van der Waals surface area contributed by atoms with Crippen LogP contribution in [0.1, 0.15) is 38.5 Å². The maximum atomic E-state index is 11.3. The van der Waals surface area contributed by atoms with E-state index in [0.717, 1.165) is 19.0 Å². The van der Waals surface area contributed by atoms with Gasteiger partial charge in [-0.25, -0.2) is 5.43 Å². The lowest BCUT2D eigenvalue weighted by Crippen LogP contribution is -2.38. The quantitative estimate of drug-likeness (QED) is 0.698. The average molecular weight is 182 g/mol. The molecule has 2 rings (SSSR count). The normalized spacial score (nSPS) is 25.5. The van der Waals surface area contributed by atoms with E-state index in [1.54, 1.807) is 0 Å². The smallest absolute Gasteiger partial charge is 0.238 e. The molecule has 13 heavy (non-hydrogen) atoms.